The SMILES string of the molecule is COc1ccc(Nc2ncnc3c2ncn3[C@H]2C[C@H](O)[C@@H](COC(c3ccccc3)(c3ccc(OC)cc3)c3ccc(OC)cc3)O2)cc1. The Morgan fingerprint density at radius 3 is 1.92 bits per heavy atom. The van der Waals surface area contributed by atoms with Crippen molar-refractivity contribution in [2.24, 2.45) is 0 Å². The lowest BCUT2D eigenvalue weighted by Crippen LogP contribution is -2.38. The molecule has 1 fully saturated rings. The number of aromatic nitrogens is 4. The number of ether oxygens (including phenoxy) is 5. The number of rotatable bonds is 12. The molecular weight excluding hydrogens is 622 g/mol. The zero-order chi connectivity index (χ0) is 33.8. The Morgan fingerprint density at radius 1 is 0.755 bits per heavy atom. The van der Waals surface area contributed by atoms with Crippen molar-refractivity contribution in [1.82, 2.24) is 19.5 Å². The van der Waals surface area contributed by atoms with E-state index < -0.39 is 24.0 Å². The summed E-state index contributed by atoms with van der Waals surface area (Å²) < 4.78 is 31.5. The Labute approximate surface area is 284 Å². The number of nitrogens with one attached hydrogen (secondary N) is 1. The topological polar surface area (TPSA) is 122 Å². The van der Waals surface area contributed by atoms with Crippen molar-refractivity contribution in [2.75, 3.05) is 33.3 Å². The van der Waals surface area contributed by atoms with Gasteiger partial charge < -0.3 is 34.1 Å². The molecule has 0 bridgehead atoms. The summed E-state index contributed by atoms with van der Waals surface area (Å²) in [5.74, 6) is 2.78. The molecule has 0 spiro atoms. The molecule has 4 aromatic carbocycles. The van der Waals surface area contributed by atoms with E-state index in [1.807, 2.05) is 108 Å². The number of aliphatic hydroxyl groups excluding tert-OH is 1. The van der Waals surface area contributed by atoms with Gasteiger partial charge in [-0.05, 0) is 65.2 Å². The van der Waals surface area contributed by atoms with Crippen molar-refractivity contribution in [3.63, 3.8) is 0 Å². The lowest BCUT2D eigenvalue weighted by atomic mass is 9.80. The molecule has 49 heavy (non-hydrogen) atoms. The number of fused-ring (bicyclic) bond motifs is 1. The van der Waals surface area contributed by atoms with Crippen molar-refractivity contribution in [1.29, 1.82) is 0 Å². The number of hydrogen-bond donors (Lipinski definition) is 2. The fourth-order valence-electron chi connectivity index (χ4n) is 6.28. The van der Waals surface area contributed by atoms with Crippen LogP contribution in [-0.2, 0) is 15.1 Å². The molecule has 1 saturated heterocycles. The second-order valence-corrected chi connectivity index (χ2v) is 11.6. The second-order valence-electron chi connectivity index (χ2n) is 11.6. The average molecular weight is 660 g/mol. The normalized spacial score (nSPS) is 17.6. The molecule has 11 nitrogen and oxygen atoms in total. The first-order valence-electron chi connectivity index (χ1n) is 15.9. The van der Waals surface area contributed by atoms with Crippen LogP contribution in [0.4, 0.5) is 11.5 Å². The first kappa shape index (κ1) is 32.1. The van der Waals surface area contributed by atoms with E-state index in [4.69, 9.17) is 23.7 Å². The van der Waals surface area contributed by atoms with Crippen molar-refractivity contribution < 1.29 is 28.8 Å². The summed E-state index contributed by atoms with van der Waals surface area (Å²) in [6.07, 6.45) is 1.51. The summed E-state index contributed by atoms with van der Waals surface area (Å²) in [5.41, 5.74) is 3.65. The monoisotopic (exact) mass is 659 g/mol. The fraction of sp³-hybridized carbons (Fsp3) is 0.237. The van der Waals surface area contributed by atoms with Crippen LogP contribution >= 0.6 is 0 Å². The van der Waals surface area contributed by atoms with Gasteiger partial charge in [0.15, 0.2) is 17.0 Å². The first-order chi connectivity index (χ1) is 24.0. The van der Waals surface area contributed by atoms with Gasteiger partial charge in [0.05, 0.1) is 40.4 Å². The predicted molar refractivity (Wildman–Crippen MR) is 184 cm³/mol. The summed E-state index contributed by atoms with van der Waals surface area (Å²) in [7, 11) is 4.91. The van der Waals surface area contributed by atoms with Crippen molar-refractivity contribution in [2.45, 2.75) is 30.5 Å². The Bertz CT molecular complexity index is 1940. The highest BCUT2D eigenvalue weighted by Crippen LogP contribution is 2.43. The summed E-state index contributed by atoms with van der Waals surface area (Å²) >= 11 is 0. The summed E-state index contributed by atoms with van der Waals surface area (Å²) in [6, 6.07) is 33.2. The van der Waals surface area contributed by atoms with Gasteiger partial charge in [0.1, 0.15) is 41.5 Å². The van der Waals surface area contributed by atoms with Crippen LogP contribution in [0.15, 0.2) is 116 Å². The molecule has 6 aromatic rings. The van der Waals surface area contributed by atoms with Crippen molar-refractivity contribution in [3.05, 3.63) is 132 Å². The maximum Gasteiger partial charge on any atom is 0.167 e. The highest BCUT2D eigenvalue weighted by atomic mass is 16.6. The highest BCUT2D eigenvalue weighted by Gasteiger charge is 2.42. The number of imidazole rings is 1. The molecule has 0 radical (unpaired) electrons. The fourth-order valence-corrected chi connectivity index (χ4v) is 6.28. The molecule has 250 valence electrons. The van der Waals surface area contributed by atoms with Gasteiger partial charge in [-0.1, -0.05) is 54.6 Å². The van der Waals surface area contributed by atoms with Gasteiger partial charge >= 0.3 is 0 Å². The zero-order valence-corrected chi connectivity index (χ0v) is 27.4. The minimum absolute atomic E-state index is 0.0938. The molecule has 0 amide bonds. The van der Waals surface area contributed by atoms with E-state index in [1.165, 1.54) is 6.33 Å². The van der Waals surface area contributed by atoms with E-state index in [2.05, 4.69) is 20.3 Å². The Kier molecular flexibility index (Phi) is 9.12. The Hall–Kier alpha value is -5.49. The smallest absolute Gasteiger partial charge is 0.167 e. The third-order valence-electron chi connectivity index (χ3n) is 8.86. The quantitative estimate of drug-likeness (QED) is 0.146. The van der Waals surface area contributed by atoms with Crippen LogP contribution in [0, 0.1) is 0 Å². The van der Waals surface area contributed by atoms with Crippen LogP contribution in [0.3, 0.4) is 0 Å². The van der Waals surface area contributed by atoms with Crippen LogP contribution < -0.4 is 19.5 Å². The number of nitrogens with zero attached hydrogens (tertiary/aromatic N) is 4. The van der Waals surface area contributed by atoms with Crippen LogP contribution in [0.1, 0.15) is 29.3 Å². The van der Waals surface area contributed by atoms with Crippen LogP contribution in [-0.4, -0.2) is 64.8 Å². The highest BCUT2D eigenvalue weighted by molar-refractivity contribution is 5.85. The minimum atomic E-state index is -1.04. The van der Waals surface area contributed by atoms with Crippen LogP contribution in [0.25, 0.3) is 11.2 Å². The largest absolute Gasteiger partial charge is 0.497 e. The molecule has 11 heteroatoms. The molecule has 2 N–H and O–H groups in total. The second kappa shape index (κ2) is 13.9. The van der Waals surface area contributed by atoms with E-state index >= 15 is 0 Å². The van der Waals surface area contributed by atoms with Gasteiger partial charge in [-0.25, -0.2) is 15.0 Å². The van der Waals surface area contributed by atoms with E-state index in [0.29, 0.717) is 23.4 Å². The van der Waals surface area contributed by atoms with Crippen molar-refractivity contribution in [3.8, 4) is 17.2 Å². The van der Waals surface area contributed by atoms with Gasteiger partial charge in [0, 0.05) is 12.1 Å². The van der Waals surface area contributed by atoms with Gasteiger partial charge in [-0.2, -0.15) is 0 Å². The lowest BCUT2D eigenvalue weighted by Gasteiger charge is -2.37. The standard InChI is InChI=1S/C38H37N5O6/c1-45-29-15-9-26(10-16-29)38(25-7-5-4-6-8-25,27-11-17-30(46-2)18-12-27)48-22-33-32(44)21-34(49-33)43-24-41-35-36(39-23-40-37(35)43)42-28-13-19-31(47-3)20-14-28/h4-20,23-24,32-34,44H,21-22H2,1-3H3,(H,39,40,42)/t32-,33+,34+/m0/s1. The van der Waals surface area contributed by atoms with Crippen molar-refractivity contribution >= 4 is 22.7 Å². The number of benzene rings is 4. The van der Waals surface area contributed by atoms with Crippen LogP contribution in [0.5, 0.6) is 17.2 Å². The van der Waals surface area contributed by atoms with Crippen LogP contribution in [0.2, 0.25) is 0 Å². The van der Waals surface area contributed by atoms with Gasteiger partial charge in [-0.15, -0.1) is 0 Å². The van der Waals surface area contributed by atoms with E-state index in [1.54, 1.807) is 27.7 Å². The molecule has 0 saturated carbocycles. The number of aliphatic hydroxyl groups is 1. The Balaban J connectivity index is 1.18. The first-order valence-corrected chi connectivity index (χ1v) is 15.9. The third kappa shape index (κ3) is 6.27. The Morgan fingerprint density at radius 2 is 1.33 bits per heavy atom. The molecule has 3 atom stereocenters. The molecule has 0 aliphatic carbocycles. The molecule has 2 aromatic heterocycles. The molecule has 1 aliphatic rings. The van der Waals surface area contributed by atoms with E-state index in [0.717, 1.165) is 39.6 Å². The summed E-state index contributed by atoms with van der Waals surface area (Å²) in [5, 5.41) is 14.6. The summed E-state index contributed by atoms with van der Waals surface area (Å²) in [4.78, 5) is 13.6. The van der Waals surface area contributed by atoms with E-state index in [9.17, 15) is 5.11 Å². The number of methoxy groups -OCH3 is 3. The molecule has 1 aliphatic heterocycles. The number of hydrogen-bond acceptors (Lipinski definition) is 10. The molecule has 0 unspecified atom stereocenters. The van der Waals surface area contributed by atoms with Gasteiger partial charge in [-0.3, -0.25) is 4.57 Å². The average Bonchev–Trinajstić information content (AvgIpc) is 3.76. The van der Waals surface area contributed by atoms with Gasteiger partial charge in [0.2, 0.25) is 0 Å². The predicted octanol–water partition coefficient (Wildman–Crippen LogP) is 6.25. The number of anilines is 2. The zero-order valence-electron chi connectivity index (χ0n) is 27.4. The molecule has 3 heterocycles. The minimum Gasteiger partial charge on any atom is -0.497 e. The molecule has 7 rings (SSSR count). The third-order valence-corrected chi connectivity index (χ3v) is 8.86. The maximum absolute atomic E-state index is 11.3. The molecular formula is C38H37N5O6. The maximum atomic E-state index is 11.3. The van der Waals surface area contributed by atoms with Gasteiger partial charge in [0.25, 0.3) is 0 Å². The summed E-state index contributed by atoms with van der Waals surface area (Å²) in [6.45, 7) is 0.0938. The van der Waals surface area contributed by atoms with E-state index in [-0.39, 0.29) is 6.61 Å². The lowest BCUT2D eigenvalue weighted by molar-refractivity contribution is -0.0931.